The number of hydrogen-bond donors (Lipinski definition) is 3. The van der Waals surface area contributed by atoms with Gasteiger partial charge in [0.1, 0.15) is 0 Å². The second kappa shape index (κ2) is 63.7. The highest BCUT2D eigenvalue weighted by Crippen LogP contribution is 2.32. The van der Waals surface area contributed by atoms with Crippen LogP contribution in [-0.4, -0.2) is 368 Å². The van der Waals surface area contributed by atoms with E-state index < -0.39 is 26.8 Å². The summed E-state index contributed by atoms with van der Waals surface area (Å²) in [5.74, 6) is 0.157. The lowest BCUT2D eigenvalue weighted by molar-refractivity contribution is -0.869. The number of benzene rings is 2. The van der Waals surface area contributed by atoms with Gasteiger partial charge in [0.25, 0.3) is 0 Å². The minimum Gasteiger partial charge on any atom is -0.478 e. The maximum Gasteiger partial charge on any atom is 0.335 e. The van der Waals surface area contributed by atoms with Gasteiger partial charge in [-0.05, 0) is 292 Å². The van der Waals surface area contributed by atoms with E-state index in [0.29, 0.717) is 38.0 Å². The fourth-order valence-electron chi connectivity index (χ4n) is 14.3. The average Bonchev–Trinajstić information content (AvgIpc) is 0.828. The third-order valence-corrected chi connectivity index (χ3v) is 27.4. The number of sulfonamides is 1. The Balaban J connectivity index is -0.000000313. The number of rotatable bonds is 32. The van der Waals surface area contributed by atoms with Crippen LogP contribution in [0, 0.1) is 32.5 Å². The van der Waals surface area contributed by atoms with Gasteiger partial charge in [-0.1, -0.05) is 187 Å². The van der Waals surface area contributed by atoms with Gasteiger partial charge in [0, 0.05) is 188 Å². The van der Waals surface area contributed by atoms with Crippen LogP contribution in [0.15, 0.2) is 78.0 Å². The summed E-state index contributed by atoms with van der Waals surface area (Å²) in [4.78, 5) is 120. The fourth-order valence-corrected chi connectivity index (χ4v) is 14.8. The molecule has 0 spiro atoms. The van der Waals surface area contributed by atoms with Gasteiger partial charge in [-0.2, -0.15) is 0 Å². The van der Waals surface area contributed by atoms with Crippen LogP contribution in [0.2, 0.25) is 0 Å². The fraction of sp³-hybridized carbons (Fsp3) is 0.795. The largest absolute Gasteiger partial charge is 0.478 e. The zero-order valence-corrected chi connectivity index (χ0v) is 98.1. The Morgan fingerprint density at radius 1 is 0.366 bits per heavy atom. The topological polar surface area (TPSA) is 275 Å². The van der Waals surface area contributed by atoms with Crippen molar-refractivity contribution in [1.29, 1.82) is 0 Å². The number of likely N-dealkylation sites (tertiary alicyclic amines) is 1. The minimum absolute atomic E-state index is 0. The van der Waals surface area contributed by atoms with Crippen molar-refractivity contribution in [2.24, 2.45) is 37.6 Å². The first-order valence-corrected chi connectivity index (χ1v) is 52.6. The van der Waals surface area contributed by atoms with Crippen LogP contribution in [0.3, 0.4) is 0 Å². The molecule has 0 atom stereocenters. The number of aromatic nitrogens is 1. The number of anilines is 1. The Bertz CT molecular complexity index is 4160. The molecule has 4 N–H and O–H groups in total. The van der Waals surface area contributed by atoms with E-state index in [1.807, 2.05) is 159 Å². The summed E-state index contributed by atoms with van der Waals surface area (Å²) in [6.07, 6.45) is 10.6. The molecule has 1 saturated carbocycles. The van der Waals surface area contributed by atoms with E-state index in [0.717, 1.165) is 159 Å². The number of likely N-dealkylation sites (N-methyl/N-ethyl adjacent to an activating group) is 7. The number of aromatic carboxylic acids is 1. The molecule has 3 aromatic rings. The molecule has 852 valence electrons. The predicted octanol–water partition coefficient (Wildman–Crippen LogP) is 20.9. The smallest absolute Gasteiger partial charge is 0.335 e. The van der Waals surface area contributed by atoms with Crippen molar-refractivity contribution in [3.63, 3.8) is 0 Å². The number of piperidine rings is 1. The number of nitrogens with two attached hydrogens (primary N) is 1. The Morgan fingerprint density at radius 2 is 0.648 bits per heavy atom. The lowest BCUT2D eigenvalue weighted by Gasteiger charge is -2.42. The third-order valence-electron chi connectivity index (χ3n) is 26.5. The van der Waals surface area contributed by atoms with Crippen LogP contribution in [0.1, 0.15) is 354 Å². The minimum atomic E-state index is -3.69. The molecule has 6 amide bonds. The molecule has 2 fully saturated rings. The third kappa shape index (κ3) is 59.7. The molecule has 1 aromatic heterocycles. The number of aliphatic hydroxyl groups is 1. The van der Waals surface area contributed by atoms with Crippen molar-refractivity contribution in [3.05, 3.63) is 89.7 Å². The SMILES string of the molecule is C.C.C.C.C.C.CN(CCN(C(=O)C(C)(C)C)C1CCC(O)CC1)C(C)(C)C.CN(CCN(C(=O)C(C)(C)C)c1ccc(C(=O)O)cc1)C(C)(C)C.CN(CCN(CC[N+](C)(C)C)C(=O)C(C)(C)C)C(C)(C)C.CN(CCN(CCc1ccc(S(N)(=O)=O)cc1)C(=O)C(C)(C)C)C(C)(C)C.CN(CCN(CCc1cccnc1)C(=O)C(C)(C)C)C(C)(C)C.CN1CCC(N(CCN(C)C(C)(C)C)C(=O)C(C)(C)C)CC1. The summed E-state index contributed by atoms with van der Waals surface area (Å²) in [5, 5.41) is 23.9. The maximum atomic E-state index is 12.9. The second-order valence-corrected chi connectivity index (χ2v) is 53.9. The molecule has 145 heavy (non-hydrogen) atoms. The number of carbonyl (C=O) groups excluding carboxylic acids is 6. The molecular formula is C117H233N16O11S+. The Hall–Kier alpha value is -6.57. The Kier molecular flexibility index (Phi) is 66.5. The maximum absolute atomic E-state index is 12.9. The zero-order valence-electron chi connectivity index (χ0n) is 97.3. The van der Waals surface area contributed by atoms with E-state index >= 15 is 0 Å². The molecule has 2 heterocycles. The van der Waals surface area contributed by atoms with Crippen LogP contribution in [0.4, 0.5) is 5.69 Å². The molecule has 5 rings (SSSR count). The highest BCUT2D eigenvalue weighted by Gasteiger charge is 2.39. The van der Waals surface area contributed by atoms with Gasteiger partial charge >= 0.3 is 5.97 Å². The van der Waals surface area contributed by atoms with Crippen molar-refractivity contribution >= 4 is 57.1 Å². The van der Waals surface area contributed by atoms with E-state index in [1.165, 1.54) is 29.8 Å². The van der Waals surface area contributed by atoms with E-state index in [9.17, 15) is 47.1 Å². The molecule has 0 bridgehead atoms. The van der Waals surface area contributed by atoms with Gasteiger partial charge < -0.3 is 49.0 Å². The zero-order chi connectivity index (χ0) is 109. The average molecular weight is 2070 g/mol. The molecule has 28 heteroatoms. The summed E-state index contributed by atoms with van der Waals surface area (Å²) in [7, 11) is 17.6. The normalized spacial score (nSPS) is 14.9. The molecule has 27 nitrogen and oxygen atoms in total. The van der Waals surface area contributed by atoms with Gasteiger partial charge in [-0.15, -0.1) is 0 Å². The van der Waals surface area contributed by atoms with E-state index in [1.54, 1.807) is 35.4 Å². The molecule has 0 unspecified atom stereocenters. The highest BCUT2D eigenvalue weighted by molar-refractivity contribution is 7.89. The number of carbonyl (C=O) groups is 7. The summed E-state index contributed by atoms with van der Waals surface area (Å²) >= 11 is 0. The Labute approximate surface area is 894 Å². The van der Waals surface area contributed by atoms with Crippen molar-refractivity contribution in [3.8, 4) is 0 Å². The van der Waals surface area contributed by atoms with Crippen molar-refractivity contribution < 1.29 is 56.7 Å². The number of quaternary nitrogens is 1. The highest BCUT2D eigenvalue weighted by atomic mass is 32.2. The van der Waals surface area contributed by atoms with Crippen LogP contribution >= 0.6 is 0 Å². The first kappa shape index (κ1) is 151. The standard InChI is InChI=1S/C20H35N3O3S.C19H33N3O.C19H30N2O3.C18H37N3O.C18H36N2O2.C17H38N3O.6CH4/c1-19(2,3)18(24)23(15-14-22(7)20(4,5)6)13-12-16-8-10-17(11-9-16)27(21,25)26;1-18(2,3)17(23)22(14-13-21(7)19(4,5)6)12-10-16-9-8-11-20-15-16;1-18(2,3)17(24)21(13-12-20(7)19(4,5)6)15-10-8-14(9-11-15)16(22)23;1-17(2,3)16(22)21(14-13-20(8)18(4,5)6)15-9-11-19(7)12-10-15;1-17(2,3)16(22)20(13-12-19(7)18(4,5)6)14-8-10-15(21)11-9-14;1-16(2,3)15(21)19(13-14-20(8,9)10)12-11-18(7)17(4,5)6;;;;;;/h8-11H,12-15H2,1-7H3,(H2,21,25,26);8-9,11,15H,10,12-14H2,1-7H3;8-11H,12-13H2,1-7H3,(H,22,23);15H,9-14H2,1-8H3;14-15,21H,8-13H2,1-7H3;11-14H2,1-10H3;6*1H4/q;;;;;+1;;;;;;. The number of primary sulfonamides is 1. The number of pyridine rings is 1. The monoisotopic (exact) mass is 2070 g/mol. The van der Waals surface area contributed by atoms with E-state index in [2.05, 4.69) is 243 Å². The van der Waals surface area contributed by atoms with Gasteiger partial charge in [-0.3, -0.25) is 63.2 Å². The summed E-state index contributed by atoms with van der Waals surface area (Å²) < 4.78 is 23.6. The van der Waals surface area contributed by atoms with Gasteiger partial charge in [-0.25, -0.2) is 18.4 Å². The van der Waals surface area contributed by atoms with Gasteiger partial charge in [0.15, 0.2) is 0 Å². The van der Waals surface area contributed by atoms with Crippen LogP contribution in [0.5, 0.6) is 0 Å². The van der Waals surface area contributed by atoms with Crippen molar-refractivity contribution in [2.45, 2.75) is 401 Å². The van der Waals surface area contributed by atoms with E-state index in [-0.39, 0.29) is 152 Å². The molecule has 2 aromatic carbocycles. The molecule has 0 radical (unpaired) electrons. The number of aliphatic hydroxyl groups excluding tert-OH is 1. The first-order chi connectivity index (χ1) is 62.5. The van der Waals surface area contributed by atoms with E-state index in [4.69, 9.17) is 10.2 Å². The summed E-state index contributed by atoms with van der Waals surface area (Å²) in [6, 6.07) is 17.7. The predicted molar refractivity (Wildman–Crippen MR) is 621 cm³/mol. The Morgan fingerprint density at radius 3 is 0.917 bits per heavy atom. The molecular weight excluding hydrogens is 1840 g/mol. The lowest BCUT2D eigenvalue weighted by Crippen LogP contribution is -2.53. The van der Waals surface area contributed by atoms with Crippen LogP contribution < -0.4 is 10.0 Å². The van der Waals surface area contributed by atoms with Crippen molar-refractivity contribution in [1.82, 2.24) is 63.8 Å². The number of nitrogens with zero attached hydrogens (tertiary/aromatic N) is 15. The van der Waals surface area contributed by atoms with Crippen LogP contribution in [0.25, 0.3) is 0 Å². The number of amides is 6. The lowest BCUT2D eigenvalue weighted by atomic mass is 9.88. The van der Waals surface area contributed by atoms with Crippen LogP contribution in [-0.2, 0) is 51.6 Å². The molecule has 1 saturated heterocycles. The quantitative estimate of drug-likeness (QED) is 0.0490. The summed E-state index contributed by atoms with van der Waals surface area (Å²) in [5.41, 5.74) is 1.37. The first-order valence-electron chi connectivity index (χ1n) is 51.1. The van der Waals surface area contributed by atoms with Gasteiger partial charge in [0.05, 0.1) is 50.8 Å². The molecule has 1 aliphatic carbocycles. The summed E-state index contributed by atoms with van der Waals surface area (Å²) in [6.45, 7) is 89.5. The second-order valence-electron chi connectivity index (χ2n) is 52.3. The van der Waals surface area contributed by atoms with Crippen molar-refractivity contribution in [2.75, 3.05) is 193 Å². The number of carboxylic acids is 1. The number of carboxylic acid groups (broad SMARTS) is 1. The molecule has 2 aliphatic rings. The molecule has 1 aliphatic heterocycles. The number of hydrogen-bond acceptors (Lipinski definition) is 18. The van der Waals surface area contributed by atoms with Gasteiger partial charge in [0.2, 0.25) is 45.5 Å².